The lowest BCUT2D eigenvalue weighted by atomic mass is 10.2. The van der Waals surface area contributed by atoms with Crippen molar-refractivity contribution in [1.82, 2.24) is 10.2 Å². The van der Waals surface area contributed by atoms with Crippen molar-refractivity contribution in [3.63, 3.8) is 0 Å². The van der Waals surface area contributed by atoms with Gasteiger partial charge in [-0.3, -0.25) is 14.9 Å². The molecule has 0 unspecified atom stereocenters. The van der Waals surface area contributed by atoms with Crippen molar-refractivity contribution in [3.05, 3.63) is 65.2 Å². The van der Waals surface area contributed by atoms with Gasteiger partial charge in [-0.05, 0) is 36.8 Å². The summed E-state index contributed by atoms with van der Waals surface area (Å²) in [5, 5.41) is 14.0. The molecule has 2 N–H and O–H groups in total. The number of carbonyl (C=O) groups is 2. The minimum atomic E-state index is -0.268. The first kappa shape index (κ1) is 19.1. The number of aromatic nitrogens is 2. The monoisotopic (exact) mass is 398 g/mol. The molecule has 27 heavy (non-hydrogen) atoms. The standard InChI is InChI=1S/C19H18N4O2S2/c1-12-3-5-14(6-4-12)11-26-19-23-22-18(27-19)21-17(25)15-7-9-16(10-8-15)20-13(2)24/h3-10H,11H2,1-2H3,(H,20,24)(H,21,22,25). The van der Waals surface area contributed by atoms with E-state index in [4.69, 9.17) is 0 Å². The molecule has 0 aliphatic rings. The maximum Gasteiger partial charge on any atom is 0.257 e. The molecule has 3 aromatic rings. The van der Waals surface area contributed by atoms with E-state index in [1.807, 2.05) is 0 Å². The number of hydrogen-bond acceptors (Lipinski definition) is 6. The average Bonchev–Trinajstić information content (AvgIpc) is 3.08. The SMILES string of the molecule is CC(=O)Nc1ccc(C(=O)Nc2nnc(SCc3ccc(C)cc3)s2)cc1. The predicted molar refractivity (Wildman–Crippen MR) is 109 cm³/mol. The molecule has 138 valence electrons. The van der Waals surface area contributed by atoms with E-state index in [0.717, 1.165) is 10.1 Å². The molecule has 1 heterocycles. The van der Waals surface area contributed by atoms with Crippen molar-refractivity contribution in [2.24, 2.45) is 0 Å². The number of hydrogen-bond donors (Lipinski definition) is 2. The summed E-state index contributed by atoms with van der Waals surface area (Å²) in [5.41, 5.74) is 3.57. The fraction of sp³-hybridized carbons (Fsp3) is 0.158. The number of nitrogens with one attached hydrogen (secondary N) is 2. The van der Waals surface area contributed by atoms with Gasteiger partial charge >= 0.3 is 0 Å². The Morgan fingerprint density at radius 2 is 1.70 bits per heavy atom. The molecule has 1 aromatic heterocycles. The fourth-order valence-electron chi connectivity index (χ4n) is 2.23. The van der Waals surface area contributed by atoms with Crippen molar-refractivity contribution >= 4 is 45.7 Å². The van der Waals surface area contributed by atoms with Gasteiger partial charge in [-0.25, -0.2) is 0 Å². The summed E-state index contributed by atoms with van der Waals surface area (Å²) in [6, 6.07) is 15.0. The Morgan fingerprint density at radius 3 is 2.37 bits per heavy atom. The van der Waals surface area contributed by atoms with Crippen LogP contribution in [0.25, 0.3) is 0 Å². The first-order valence-electron chi connectivity index (χ1n) is 8.20. The zero-order valence-corrected chi connectivity index (χ0v) is 16.5. The van der Waals surface area contributed by atoms with Crippen molar-refractivity contribution in [2.45, 2.75) is 23.9 Å². The fourth-order valence-corrected chi connectivity index (χ4v) is 3.93. The molecule has 0 fully saturated rings. The van der Waals surface area contributed by atoms with E-state index in [9.17, 15) is 9.59 Å². The summed E-state index contributed by atoms with van der Waals surface area (Å²) in [6.45, 7) is 3.49. The highest BCUT2D eigenvalue weighted by molar-refractivity contribution is 8.00. The molecule has 0 bridgehead atoms. The largest absolute Gasteiger partial charge is 0.326 e. The molecule has 0 atom stereocenters. The van der Waals surface area contributed by atoms with Crippen molar-refractivity contribution in [1.29, 1.82) is 0 Å². The van der Waals surface area contributed by atoms with Crippen LogP contribution in [0.1, 0.15) is 28.4 Å². The van der Waals surface area contributed by atoms with Gasteiger partial charge in [0.05, 0.1) is 0 Å². The van der Waals surface area contributed by atoms with Crippen LogP contribution in [0, 0.1) is 6.92 Å². The number of nitrogens with zero attached hydrogens (tertiary/aromatic N) is 2. The van der Waals surface area contributed by atoms with Crippen LogP contribution in [0.4, 0.5) is 10.8 Å². The number of anilines is 2. The topological polar surface area (TPSA) is 84.0 Å². The first-order valence-corrected chi connectivity index (χ1v) is 10.0. The lowest BCUT2D eigenvalue weighted by molar-refractivity contribution is -0.114. The van der Waals surface area contributed by atoms with E-state index in [0.29, 0.717) is 16.4 Å². The maximum atomic E-state index is 12.3. The molecule has 0 saturated heterocycles. The second kappa shape index (κ2) is 8.79. The van der Waals surface area contributed by atoms with E-state index < -0.39 is 0 Å². The minimum absolute atomic E-state index is 0.156. The third-order valence-corrected chi connectivity index (χ3v) is 5.62. The van der Waals surface area contributed by atoms with Crippen molar-refractivity contribution < 1.29 is 9.59 Å². The molecule has 0 radical (unpaired) electrons. The minimum Gasteiger partial charge on any atom is -0.326 e. The quantitative estimate of drug-likeness (QED) is 0.476. The van der Waals surface area contributed by atoms with E-state index in [1.165, 1.54) is 29.4 Å². The van der Waals surface area contributed by atoms with Crippen LogP contribution >= 0.6 is 23.1 Å². The number of benzene rings is 2. The second-order valence-corrected chi connectivity index (χ2v) is 8.06. The van der Waals surface area contributed by atoms with Crippen LogP contribution in [0.15, 0.2) is 52.9 Å². The van der Waals surface area contributed by atoms with Crippen LogP contribution in [0.5, 0.6) is 0 Å². The number of rotatable bonds is 6. The highest BCUT2D eigenvalue weighted by atomic mass is 32.2. The molecule has 2 aromatic carbocycles. The third-order valence-electron chi connectivity index (χ3n) is 3.58. The summed E-state index contributed by atoms with van der Waals surface area (Å²) in [6.07, 6.45) is 0. The molecular formula is C19H18N4O2S2. The Hall–Kier alpha value is -2.71. The molecule has 0 saturated carbocycles. The summed E-state index contributed by atoms with van der Waals surface area (Å²) >= 11 is 2.93. The van der Waals surface area contributed by atoms with Crippen LogP contribution < -0.4 is 10.6 Å². The van der Waals surface area contributed by atoms with Crippen molar-refractivity contribution in [2.75, 3.05) is 10.6 Å². The van der Waals surface area contributed by atoms with Crippen LogP contribution in [-0.2, 0) is 10.5 Å². The molecule has 3 rings (SSSR count). The van der Waals surface area contributed by atoms with Crippen LogP contribution in [0.2, 0.25) is 0 Å². The molecule has 0 aliphatic heterocycles. The molecular weight excluding hydrogens is 380 g/mol. The lowest BCUT2D eigenvalue weighted by Gasteiger charge is -2.04. The average molecular weight is 399 g/mol. The van der Waals surface area contributed by atoms with E-state index in [-0.39, 0.29) is 11.8 Å². The first-order chi connectivity index (χ1) is 13.0. The zero-order chi connectivity index (χ0) is 19.2. The van der Waals surface area contributed by atoms with Gasteiger partial charge in [-0.15, -0.1) is 10.2 Å². The molecule has 0 aliphatic carbocycles. The Balaban J connectivity index is 1.55. The smallest absolute Gasteiger partial charge is 0.257 e. The lowest BCUT2D eigenvalue weighted by Crippen LogP contribution is -2.12. The van der Waals surface area contributed by atoms with E-state index >= 15 is 0 Å². The van der Waals surface area contributed by atoms with Crippen LogP contribution in [-0.4, -0.2) is 22.0 Å². The van der Waals surface area contributed by atoms with Gasteiger partial charge in [-0.2, -0.15) is 0 Å². The number of carbonyl (C=O) groups excluding carboxylic acids is 2. The van der Waals surface area contributed by atoms with Gasteiger partial charge in [0.25, 0.3) is 5.91 Å². The highest BCUT2D eigenvalue weighted by Gasteiger charge is 2.11. The number of amides is 2. The Labute approximate surface area is 165 Å². The zero-order valence-electron chi connectivity index (χ0n) is 14.9. The van der Waals surface area contributed by atoms with E-state index in [2.05, 4.69) is 52.0 Å². The Kier molecular flexibility index (Phi) is 6.20. The predicted octanol–water partition coefficient (Wildman–Crippen LogP) is 4.35. The molecule has 6 nitrogen and oxygen atoms in total. The van der Waals surface area contributed by atoms with E-state index in [1.54, 1.807) is 36.0 Å². The summed E-state index contributed by atoms with van der Waals surface area (Å²) in [4.78, 5) is 23.3. The van der Waals surface area contributed by atoms with Gasteiger partial charge in [0, 0.05) is 23.9 Å². The van der Waals surface area contributed by atoms with Gasteiger partial charge in [0.15, 0.2) is 4.34 Å². The molecule has 2 amide bonds. The second-order valence-electron chi connectivity index (χ2n) is 5.86. The molecule has 0 spiro atoms. The maximum absolute atomic E-state index is 12.3. The summed E-state index contributed by atoms with van der Waals surface area (Å²) in [5.74, 6) is 0.375. The number of thioether (sulfide) groups is 1. The van der Waals surface area contributed by atoms with Crippen molar-refractivity contribution in [3.8, 4) is 0 Å². The Bertz CT molecular complexity index is 937. The summed E-state index contributed by atoms with van der Waals surface area (Å²) in [7, 11) is 0. The Morgan fingerprint density at radius 1 is 1.00 bits per heavy atom. The third kappa shape index (κ3) is 5.63. The highest BCUT2D eigenvalue weighted by Crippen LogP contribution is 2.28. The van der Waals surface area contributed by atoms with Gasteiger partial charge in [0.2, 0.25) is 11.0 Å². The number of aryl methyl sites for hydroxylation is 1. The van der Waals surface area contributed by atoms with Crippen LogP contribution in [0.3, 0.4) is 0 Å². The van der Waals surface area contributed by atoms with Gasteiger partial charge < -0.3 is 5.32 Å². The normalized spacial score (nSPS) is 10.4. The summed E-state index contributed by atoms with van der Waals surface area (Å²) < 4.78 is 0.798. The molecule has 8 heteroatoms. The van der Waals surface area contributed by atoms with Gasteiger partial charge in [0.1, 0.15) is 0 Å². The van der Waals surface area contributed by atoms with Gasteiger partial charge in [-0.1, -0.05) is 52.9 Å².